The smallest absolute Gasteiger partial charge is 0.408 e. The van der Waals surface area contributed by atoms with E-state index in [2.05, 4.69) is 10.6 Å². The standard InChI is InChI=1S/C29H40ClN3O4S/c1-19-13-12-16-21(30)23(19)32-25(34)24(20-14-10-9-11-15-20)33(28(2,3)4)26(35)22(17-18-38-8)31-27(36)37-29(5,6)7/h9-16,22,24H,17-18H2,1-8H3,(H,31,36)(H,32,34). The minimum atomic E-state index is -0.989. The molecule has 0 aliphatic carbocycles. The van der Waals surface area contributed by atoms with Gasteiger partial charge in [-0.3, -0.25) is 9.59 Å². The summed E-state index contributed by atoms with van der Waals surface area (Å²) in [6, 6.07) is 12.6. The number of para-hydroxylation sites is 1. The van der Waals surface area contributed by atoms with E-state index in [4.69, 9.17) is 16.3 Å². The molecule has 2 aromatic rings. The number of amides is 3. The van der Waals surface area contributed by atoms with Crippen molar-refractivity contribution < 1.29 is 19.1 Å². The van der Waals surface area contributed by atoms with Crippen LogP contribution in [0.1, 0.15) is 65.1 Å². The maximum Gasteiger partial charge on any atom is 0.408 e. The van der Waals surface area contributed by atoms with E-state index in [9.17, 15) is 14.4 Å². The van der Waals surface area contributed by atoms with Crippen LogP contribution < -0.4 is 10.6 Å². The number of alkyl carbamates (subject to hydrolysis) is 1. The molecule has 0 heterocycles. The monoisotopic (exact) mass is 561 g/mol. The molecular formula is C29H40ClN3O4S. The van der Waals surface area contributed by atoms with Crippen molar-refractivity contribution in [3.63, 3.8) is 0 Å². The molecule has 0 aromatic heterocycles. The maximum atomic E-state index is 14.2. The number of halogens is 1. The van der Waals surface area contributed by atoms with Crippen LogP contribution in [0.3, 0.4) is 0 Å². The van der Waals surface area contributed by atoms with Gasteiger partial charge in [0.2, 0.25) is 5.91 Å². The molecule has 2 N–H and O–H groups in total. The topological polar surface area (TPSA) is 87.7 Å². The number of hydrogen-bond acceptors (Lipinski definition) is 5. The Morgan fingerprint density at radius 3 is 2.16 bits per heavy atom. The van der Waals surface area contributed by atoms with Gasteiger partial charge >= 0.3 is 6.09 Å². The molecule has 0 radical (unpaired) electrons. The van der Waals surface area contributed by atoms with Gasteiger partial charge < -0.3 is 20.3 Å². The lowest BCUT2D eigenvalue weighted by Crippen LogP contribution is -2.58. The average Bonchev–Trinajstić information content (AvgIpc) is 2.80. The quantitative estimate of drug-likeness (QED) is 0.360. The molecule has 0 bridgehead atoms. The molecule has 38 heavy (non-hydrogen) atoms. The molecule has 0 spiro atoms. The van der Waals surface area contributed by atoms with E-state index in [1.54, 1.807) is 43.5 Å². The van der Waals surface area contributed by atoms with Crippen LogP contribution in [-0.4, -0.2) is 52.0 Å². The first-order valence-corrected chi connectivity index (χ1v) is 14.4. The van der Waals surface area contributed by atoms with Crippen LogP contribution in [0.25, 0.3) is 0 Å². The number of anilines is 1. The van der Waals surface area contributed by atoms with Crippen molar-refractivity contribution >= 4 is 47.0 Å². The highest BCUT2D eigenvalue weighted by Crippen LogP contribution is 2.33. The SMILES string of the molecule is CSCCC(NC(=O)OC(C)(C)C)C(=O)N(C(C(=O)Nc1c(C)cccc1Cl)c1ccccc1)C(C)(C)C. The number of nitrogens with one attached hydrogen (secondary N) is 2. The normalized spacial score (nSPS) is 13.3. The van der Waals surface area contributed by atoms with Gasteiger partial charge in [-0.25, -0.2) is 4.79 Å². The Morgan fingerprint density at radius 2 is 1.63 bits per heavy atom. The molecule has 0 aliphatic rings. The average molecular weight is 562 g/mol. The number of thioether (sulfide) groups is 1. The van der Waals surface area contributed by atoms with Crippen LogP contribution >= 0.6 is 23.4 Å². The van der Waals surface area contributed by atoms with E-state index in [1.165, 1.54) is 0 Å². The molecule has 208 valence electrons. The van der Waals surface area contributed by atoms with E-state index in [-0.39, 0.29) is 5.91 Å². The zero-order valence-corrected chi connectivity index (χ0v) is 25.1. The molecule has 7 nitrogen and oxygen atoms in total. The summed E-state index contributed by atoms with van der Waals surface area (Å²) in [6.45, 7) is 12.8. The minimum absolute atomic E-state index is 0.374. The Labute approximate surface area is 236 Å². The van der Waals surface area contributed by atoms with Crippen LogP contribution in [-0.2, 0) is 14.3 Å². The summed E-state index contributed by atoms with van der Waals surface area (Å²) >= 11 is 7.98. The number of ether oxygens (including phenoxy) is 1. The lowest BCUT2D eigenvalue weighted by Gasteiger charge is -2.43. The number of benzene rings is 2. The fraction of sp³-hybridized carbons (Fsp3) is 0.483. The Hall–Kier alpha value is -2.71. The second-order valence-electron chi connectivity index (χ2n) is 11.1. The van der Waals surface area contributed by atoms with E-state index in [1.807, 2.05) is 76.4 Å². The summed E-state index contributed by atoms with van der Waals surface area (Å²) in [7, 11) is 0. The Bertz CT molecular complexity index is 1090. The fourth-order valence-corrected chi connectivity index (χ4v) is 4.73. The molecule has 9 heteroatoms. The third-order valence-corrected chi connectivity index (χ3v) is 6.61. The number of aryl methyl sites for hydroxylation is 1. The van der Waals surface area contributed by atoms with Crippen LogP contribution in [0.2, 0.25) is 5.02 Å². The minimum Gasteiger partial charge on any atom is -0.444 e. The molecule has 2 aromatic carbocycles. The van der Waals surface area contributed by atoms with Crippen molar-refractivity contribution in [1.82, 2.24) is 10.2 Å². The van der Waals surface area contributed by atoms with Crippen molar-refractivity contribution in [2.75, 3.05) is 17.3 Å². The summed E-state index contributed by atoms with van der Waals surface area (Å²) < 4.78 is 5.44. The molecule has 0 fully saturated rings. The van der Waals surface area contributed by atoms with Crippen LogP contribution in [0.15, 0.2) is 48.5 Å². The van der Waals surface area contributed by atoms with E-state index < -0.39 is 35.2 Å². The van der Waals surface area contributed by atoms with Crippen LogP contribution in [0.4, 0.5) is 10.5 Å². The van der Waals surface area contributed by atoms with Gasteiger partial charge in [0, 0.05) is 5.54 Å². The summed E-state index contributed by atoms with van der Waals surface area (Å²) in [5.41, 5.74) is 0.430. The van der Waals surface area contributed by atoms with Gasteiger partial charge in [-0.2, -0.15) is 11.8 Å². The Balaban J connectivity index is 2.56. The molecule has 2 rings (SSSR count). The lowest BCUT2D eigenvalue weighted by molar-refractivity contribution is -0.146. The number of carbonyl (C=O) groups is 3. The van der Waals surface area contributed by atoms with Gasteiger partial charge in [0.15, 0.2) is 0 Å². The highest BCUT2D eigenvalue weighted by Gasteiger charge is 2.42. The van der Waals surface area contributed by atoms with Crippen LogP contribution in [0, 0.1) is 6.92 Å². The predicted octanol–water partition coefficient (Wildman–Crippen LogP) is 6.60. The summed E-state index contributed by atoms with van der Waals surface area (Å²) in [5.74, 6) is -0.153. The van der Waals surface area contributed by atoms with Gasteiger partial charge in [0.1, 0.15) is 17.7 Å². The summed E-state index contributed by atoms with van der Waals surface area (Å²) in [4.78, 5) is 42.5. The third kappa shape index (κ3) is 8.95. The van der Waals surface area contributed by atoms with Crippen LogP contribution in [0.5, 0.6) is 0 Å². The van der Waals surface area contributed by atoms with Crippen molar-refractivity contribution in [1.29, 1.82) is 0 Å². The second-order valence-corrected chi connectivity index (χ2v) is 12.5. The highest BCUT2D eigenvalue weighted by molar-refractivity contribution is 7.98. The molecule has 0 saturated carbocycles. The first-order valence-electron chi connectivity index (χ1n) is 12.6. The van der Waals surface area contributed by atoms with Crippen molar-refractivity contribution in [3.8, 4) is 0 Å². The van der Waals surface area contributed by atoms with Gasteiger partial charge in [-0.15, -0.1) is 0 Å². The molecule has 0 aliphatic heterocycles. The second kappa shape index (κ2) is 13.4. The van der Waals surface area contributed by atoms with Crippen molar-refractivity contribution in [3.05, 3.63) is 64.7 Å². The van der Waals surface area contributed by atoms with Crippen molar-refractivity contribution in [2.45, 2.75) is 78.1 Å². The molecule has 2 unspecified atom stereocenters. The van der Waals surface area contributed by atoms with E-state index in [0.29, 0.717) is 28.4 Å². The number of nitrogens with zero attached hydrogens (tertiary/aromatic N) is 1. The molecule has 2 atom stereocenters. The molecule has 0 saturated heterocycles. The number of carbonyl (C=O) groups excluding carboxylic acids is 3. The molecule has 3 amide bonds. The summed E-state index contributed by atoms with van der Waals surface area (Å²) in [6.07, 6.45) is 1.62. The third-order valence-electron chi connectivity index (χ3n) is 5.65. The summed E-state index contributed by atoms with van der Waals surface area (Å²) in [5, 5.41) is 6.12. The highest BCUT2D eigenvalue weighted by atomic mass is 35.5. The lowest BCUT2D eigenvalue weighted by atomic mass is 9.95. The predicted molar refractivity (Wildman–Crippen MR) is 157 cm³/mol. The largest absolute Gasteiger partial charge is 0.444 e. The van der Waals surface area contributed by atoms with E-state index >= 15 is 0 Å². The van der Waals surface area contributed by atoms with Crippen molar-refractivity contribution in [2.24, 2.45) is 0 Å². The maximum absolute atomic E-state index is 14.2. The first kappa shape index (κ1) is 31.5. The zero-order valence-electron chi connectivity index (χ0n) is 23.6. The molecular weight excluding hydrogens is 522 g/mol. The Kier molecular flexibility index (Phi) is 11.1. The zero-order chi connectivity index (χ0) is 28.7. The van der Waals surface area contributed by atoms with Gasteiger partial charge in [0.25, 0.3) is 5.91 Å². The Morgan fingerprint density at radius 1 is 1.00 bits per heavy atom. The first-order chi connectivity index (χ1) is 17.7. The van der Waals surface area contributed by atoms with Gasteiger partial charge in [-0.1, -0.05) is 54.1 Å². The van der Waals surface area contributed by atoms with E-state index in [0.717, 1.165) is 5.56 Å². The van der Waals surface area contributed by atoms with Gasteiger partial charge in [0.05, 0.1) is 10.7 Å². The number of hydrogen-bond donors (Lipinski definition) is 2. The number of rotatable bonds is 9. The fourth-order valence-electron chi connectivity index (χ4n) is 3.99. The van der Waals surface area contributed by atoms with Gasteiger partial charge in [-0.05, 0) is 84.1 Å².